The van der Waals surface area contributed by atoms with Gasteiger partial charge in [0, 0.05) is 17.6 Å². The number of aliphatic carboxylic acids is 1. The number of unbranched alkanes of at least 4 members (excludes halogenated alkanes) is 2. The van der Waals surface area contributed by atoms with E-state index in [0.717, 1.165) is 11.3 Å². The van der Waals surface area contributed by atoms with Gasteiger partial charge in [-0.3, -0.25) is 19.3 Å². The highest BCUT2D eigenvalue weighted by Gasteiger charge is 2.53. The molecule has 3 heterocycles. The number of fused-ring (bicyclic) bond motifs is 1. The van der Waals surface area contributed by atoms with Gasteiger partial charge >= 0.3 is 11.9 Å². The van der Waals surface area contributed by atoms with E-state index in [0.29, 0.717) is 25.0 Å². The normalized spacial score (nSPS) is 19.8. The highest BCUT2D eigenvalue weighted by atomic mass is 32.2. The van der Waals surface area contributed by atoms with E-state index in [2.05, 4.69) is 15.5 Å². The molecule has 1 aromatic rings. The lowest BCUT2D eigenvalue weighted by Crippen LogP contribution is -2.70. The molecule has 2 aliphatic rings. The van der Waals surface area contributed by atoms with Crippen molar-refractivity contribution in [3.63, 3.8) is 0 Å². The first kappa shape index (κ1) is 24.5. The summed E-state index contributed by atoms with van der Waals surface area (Å²) in [6, 6.07) is -0.854. The zero-order chi connectivity index (χ0) is 24.0. The number of nitrogens with two attached hydrogens (primary N) is 1. The number of rotatable bonds is 11. The van der Waals surface area contributed by atoms with Crippen molar-refractivity contribution < 1.29 is 33.9 Å². The highest BCUT2D eigenvalue weighted by molar-refractivity contribution is 8.00. The molecule has 178 valence electrons. The third-order valence-electron chi connectivity index (χ3n) is 4.77. The molecule has 0 aromatic carbocycles. The molecule has 0 radical (unpaired) electrons. The molecule has 1 unspecified atom stereocenters. The number of thioether (sulfide) groups is 1. The maximum Gasteiger partial charge on any atom is 0.354 e. The van der Waals surface area contributed by atoms with Gasteiger partial charge in [-0.2, -0.15) is 0 Å². The number of thiazole rings is 1. The van der Waals surface area contributed by atoms with Gasteiger partial charge in [0.25, 0.3) is 11.8 Å². The molecule has 0 bridgehead atoms. The second-order valence-corrected chi connectivity index (χ2v) is 9.05. The quantitative estimate of drug-likeness (QED) is 0.129. The molecule has 12 nitrogen and oxygen atoms in total. The summed E-state index contributed by atoms with van der Waals surface area (Å²) in [5.74, 6) is -2.13. The summed E-state index contributed by atoms with van der Waals surface area (Å²) >= 11 is 2.53. The lowest BCUT2D eigenvalue weighted by atomic mass is 10.0. The minimum atomic E-state index is -0.864. The summed E-state index contributed by atoms with van der Waals surface area (Å²) in [6.45, 7) is 0.128. The van der Waals surface area contributed by atoms with Gasteiger partial charge in [0.2, 0.25) is 0 Å². The van der Waals surface area contributed by atoms with Crippen LogP contribution in [0.4, 0.5) is 5.13 Å². The van der Waals surface area contributed by atoms with Gasteiger partial charge in [-0.15, -0.1) is 23.1 Å². The van der Waals surface area contributed by atoms with Crippen LogP contribution in [0.15, 0.2) is 22.3 Å². The van der Waals surface area contributed by atoms with Crippen molar-refractivity contribution in [1.29, 1.82) is 0 Å². The van der Waals surface area contributed by atoms with E-state index in [1.807, 2.05) is 0 Å². The summed E-state index contributed by atoms with van der Waals surface area (Å²) in [5.41, 5.74) is 5.86. The molecule has 0 saturated carbocycles. The van der Waals surface area contributed by atoms with E-state index in [1.54, 1.807) is 11.5 Å². The molecule has 0 aliphatic carbocycles. The van der Waals surface area contributed by atoms with Crippen LogP contribution in [0.25, 0.3) is 0 Å². The number of nitrogens with zero attached hydrogens (tertiary/aromatic N) is 3. The standard InChI is InChI=1S/C19H23N5O7S2/c1-30-23-13(10-9-33-19(20)21-10)15(27)22-14-16(28)24-11(6-8-32-17(14)24)18(29)31-7-4-2-3-5-12(25)26/h6,9,14,17H,2-5,7-8H2,1H3,(H2,20,21)(H,22,27)(H,25,26)/b23-13-/t14?,17-/m1/s1. The molecule has 2 atom stereocenters. The number of esters is 1. The fourth-order valence-electron chi connectivity index (χ4n) is 3.23. The number of nitrogens with one attached hydrogen (secondary N) is 1. The van der Waals surface area contributed by atoms with Crippen molar-refractivity contribution >= 4 is 57.7 Å². The predicted octanol–water partition coefficient (Wildman–Crippen LogP) is 0.548. The number of oxime groups is 1. The highest BCUT2D eigenvalue weighted by Crippen LogP contribution is 2.37. The van der Waals surface area contributed by atoms with E-state index in [1.165, 1.54) is 23.8 Å². The number of anilines is 1. The number of carbonyl (C=O) groups is 4. The zero-order valence-corrected chi connectivity index (χ0v) is 19.3. The summed E-state index contributed by atoms with van der Waals surface area (Å²) < 4.78 is 5.24. The fourth-order valence-corrected chi connectivity index (χ4v) is 4.97. The number of β-lactam (4-membered cyclic amide) rings is 1. The van der Waals surface area contributed by atoms with Gasteiger partial charge in [-0.25, -0.2) is 9.78 Å². The number of amides is 2. The van der Waals surface area contributed by atoms with Crippen LogP contribution in [0.5, 0.6) is 0 Å². The van der Waals surface area contributed by atoms with Gasteiger partial charge in [-0.05, 0) is 25.3 Å². The van der Waals surface area contributed by atoms with Gasteiger partial charge in [0.05, 0.1) is 6.61 Å². The number of carbonyl (C=O) groups excluding carboxylic acids is 3. The smallest absolute Gasteiger partial charge is 0.354 e. The Labute approximate surface area is 197 Å². The van der Waals surface area contributed by atoms with E-state index in [-0.39, 0.29) is 35.3 Å². The van der Waals surface area contributed by atoms with Crippen molar-refractivity contribution in [2.24, 2.45) is 5.16 Å². The van der Waals surface area contributed by atoms with Gasteiger partial charge in [0.15, 0.2) is 10.8 Å². The van der Waals surface area contributed by atoms with Crippen LogP contribution < -0.4 is 11.1 Å². The van der Waals surface area contributed by atoms with Crippen molar-refractivity contribution in [2.75, 3.05) is 25.2 Å². The average Bonchev–Trinajstić information content (AvgIpc) is 3.22. The maximum absolute atomic E-state index is 12.7. The summed E-state index contributed by atoms with van der Waals surface area (Å²) in [4.78, 5) is 58.5. The lowest BCUT2D eigenvalue weighted by Gasteiger charge is -2.48. The van der Waals surface area contributed by atoms with E-state index in [9.17, 15) is 19.2 Å². The number of hydrogen-bond donors (Lipinski definition) is 3. The monoisotopic (exact) mass is 497 g/mol. The molecule has 0 spiro atoms. The number of hydrogen-bond acceptors (Lipinski definition) is 11. The Morgan fingerprint density at radius 1 is 1.36 bits per heavy atom. The van der Waals surface area contributed by atoms with Crippen LogP contribution in [-0.2, 0) is 28.8 Å². The largest absolute Gasteiger partial charge is 0.481 e. The minimum Gasteiger partial charge on any atom is -0.481 e. The molecule has 1 saturated heterocycles. The van der Waals surface area contributed by atoms with E-state index >= 15 is 0 Å². The van der Waals surface area contributed by atoms with Crippen molar-refractivity contribution in [2.45, 2.75) is 37.1 Å². The molecular formula is C19H23N5O7S2. The molecule has 4 N–H and O–H groups in total. The molecule has 1 fully saturated rings. The number of carboxylic acids is 1. The summed E-state index contributed by atoms with van der Waals surface area (Å²) in [6.07, 6.45) is 3.33. The van der Waals surface area contributed by atoms with Crippen LogP contribution in [0.2, 0.25) is 0 Å². The van der Waals surface area contributed by atoms with Crippen LogP contribution >= 0.6 is 23.1 Å². The van der Waals surface area contributed by atoms with Gasteiger partial charge in [-0.1, -0.05) is 5.16 Å². The lowest BCUT2D eigenvalue weighted by molar-refractivity contribution is -0.152. The Bertz CT molecular complexity index is 993. The molecular weight excluding hydrogens is 474 g/mol. The second kappa shape index (κ2) is 11.1. The van der Waals surface area contributed by atoms with Crippen molar-refractivity contribution in [3.8, 4) is 0 Å². The molecule has 1 aromatic heterocycles. The average molecular weight is 498 g/mol. The molecule has 2 amide bonds. The third kappa shape index (κ3) is 5.82. The Morgan fingerprint density at radius 3 is 2.82 bits per heavy atom. The number of ether oxygens (including phenoxy) is 1. The van der Waals surface area contributed by atoms with Crippen LogP contribution in [-0.4, -0.2) is 75.3 Å². The van der Waals surface area contributed by atoms with E-state index in [4.69, 9.17) is 20.4 Å². The molecule has 2 aliphatic heterocycles. The van der Waals surface area contributed by atoms with Crippen molar-refractivity contribution in [1.82, 2.24) is 15.2 Å². The molecule has 14 heteroatoms. The topological polar surface area (TPSA) is 174 Å². The fraction of sp³-hybridized carbons (Fsp3) is 0.474. The first-order valence-electron chi connectivity index (χ1n) is 10.0. The van der Waals surface area contributed by atoms with Gasteiger partial charge in [0.1, 0.15) is 29.9 Å². The zero-order valence-electron chi connectivity index (χ0n) is 17.7. The Balaban J connectivity index is 1.55. The van der Waals surface area contributed by atoms with E-state index < -0.39 is 35.2 Å². The number of aromatic nitrogens is 1. The Morgan fingerprint density at radius 2 is 2.15 bits per heavy atom. The Hall–Kier alpha value is -3.13. The van der Waals surface area contributed by atoms with Crippen LogP contribution in [0, 0.1) is 0 Å². The Kier molecular flexibility index (Phi) is 8.27. The summed E-state index contributed by atoms with van der Waals surface area (Å²) in [5, 5.41) is 16.3. The first-order valence-corrected chi connectivity index (χ1v) is 11.9. The van der Waals surface area contributed by atoms with Crippen LogP contribution in [0.1, 0.15) is 31.4 Å². The van der Waals surface area contributed by atoms with Crippen LogP contribution in [0.3, 0.4) is 0 Å². The summed E-state index contributed by atoms with van der Waals surface area (Å²) in [7, 11) is 1.28. The minimum absolute atomic E-state index is 0.0695. The van der Waals surface area contributed by atoms with Gasteiger partial charge < -0.3 is 25.7 Å². The first-order chi connectivity index (χ1) is 15.8. The molecule has 33 heavy (non-hydrogen) atoms. The molecule has 3 rings (SSSR count). The number of carboxylic acid groups (broad SMARTS) is 1. The van der Waals surface area contributed by atoms with Crippen molar-refractivity contribution in [3.05, 3.63) is 22.8 Å². The third-order valence-corrected chi connectivity index (χ3v) is 6.63. The second-order valence-electron chi connectivity index (χ2n) is 7.01. The predicted molar refractivity (Wildman–Crippen MR) is 120 cm³/mol. The SMILES string of the molecule is CO/N=C(\C(=O)NC1C(=O)N2C(C(=O)OCCCCCC(=O)O)=CCS[C@H]12)c1csc(N)n1. The maximum atomic E-state index is 12.7. The number of nitrogen functional groups attached to an aromatic ring is 1.